The van der Waals surface area contributed by atoms with Gasteiger partial charge in [0, 0.05) is 38.3 Å². The molecule has 1 aromatic carbocycles. The molecule has 0 saturated carbocycles. The standard InChI is InChI=1S/C18H19N9O/c1-26-9-6-13(24-26)15-23-16-11-4-2-3-5-12(11)21-18(27(16)25-15)22-14-10-19-7-8-20-17(14)28/h2-6,9,14,19H,7-8,10H2,1H3,(H,20,28)(H,21,22)/t14-/m0/s1. The lowest BCUT2D eigenvalue weighted by atomic mass is 10.2. The third-order valence-electron chi connectivity index (χ3n) is 4.69. The van der Waals surface area contributed by atoms with Crippen LogP contribution in [0.25, 0.3) is 28.1 Å². The summed E-state index contributed by atoms with van der Waals surface area (Å²) in [6.45, 7) is 1.84. The summed E-state index contributed by atoms with van der Waals surface area (Å²) in [5.74, 6) is 0.899. The number of aryl methyl sites for hydroxylation is 1. The van der Waals surface area contributed by atoms with Crippen LogP contribution in [0.5, 0.6) is 0 Å². The van der Waals surface area contributed by atoms with Crippen LogP contribution in [-0.4, -0.2) is 60.9 Å². The Kier molecular flexibility index (Phi) is 3.90. The van der Waals surface area contributed by atoms with Gasteiger partial charge in [0.1, 0.15) is 11.7 Å². The largest absolute Gasteiger partial charge is 0.353 e. The summed E-state index contributed by atoms with van der Waals surface area (Å²) in [5, 5.41) is 19.2. The van der Waals surface area contributed by atoms with Crippen LogP contribution >= 0.6 is 0 Å². The number of benzene rings is 1. The van der Waals surface area contributed by atoms with Gasteiger partial charge in [-0.3, -0.25) is 9.48 Å². The lowest BCUT2D eigenvalue weighted by molar-refractivity contribution is -0.121. The van der Waals surface area contributed by atoms with Crippen LogP contribution in [0.4, 0.5) is 5.95 Å². The van der Waals surface area contributed by atoms with Crippen LogP contribution in [0.2, 0.25) is 0 Å². The topological polar surface area (TPSA) is 114 Å². The number of fused-ring (bicyclic) bond motifs is 3. The Morgan fingerprint density at radius 2 is 2.04 bits per heavy atom. The average molecular weight is 377 g/mol. The highest BCUT2D eigenvalue weighted by Crippen LogP contribution is 2.23. The van der Waals surface area contributed by atoms with Crippen LogP contribution in [0.1, 0.15) is 0 Å². The zero-order valence-corrected chi connectivity index (χ0v) is 15.3. The number of hydrogen-bond acceptors (Lipinski definition) is 7. The molecule has 0 aliphatic carbocycles. The fourth-order valence-electron chi connectivity index (χ4n) is 3.30. The molecule has 1 amide bonds. The van der Waals surface area contributed by atoms with Gasteiger partial charge in [0.15, 0.2) is 5.65 Å². The Labute approximate surface area is 160 Å². The third-order valence-corrected chi connectivity index (χ3v) is 4.69. The normalized spacial score (nSPS) is 17.6. The lowest BCUT2D eigenvalue weighted by Gasteiger charge is -2.16. The Morgan fingerprint density at radius 3 is 2.89 bits per heavy atom. The summed E-state index contributed by atoms with van der Waals surface area (Å²) in [6, 6.07) is 9.14. The highest BCUT2D eigenvalue weighted by Gasteiger charge is 2.23. The Hall–Kier alpha value is -3.53. The van der Waals surface area contributed by atoms with Crippen LogP contribution < -0.4 is 16.0 Å². The number of para-hydroxylation sites is 1. The van der Waals surface area contributed by atoms with Crippen LogP contribution in [0.3, 0.4) is 0 Å². The minimum atomic E-state index is -0.457. The van der Waals surface area contributed by atoms with Crippen molar-refractivity contribution in [3.05, 3.63) is 36.5 Å². The summed E-state index contributed by atoms with van der Waals surface area (Å²) in [6.07, 6.45) is 1.85. The number of rotatable bonds is 3. The van der Waals surface area contributed by atoms with Crippen molar-refractivity contribution < 1.29 is 4.79 Å². The van der Waals surface area contributed by atoms with Crippen molar-refractivity contribution >= 4 is 28.4 Å². The van der Waals surface area contributed by atoms with Crippen molar-refractivity contribution in [1.82, 2.24) is 40.0 Å². The molecule has 142 valence electrons. The molecule has 1 fully saturated rings. The van der Waals surface area contributed by atoms with E-state index in [0.717, 1.165) is 17.4 Å². The van der Waals surface area contributed by atoms with E-state index in [1.165, 1.54) is 0 Å². The molecule has 1 atom stereocenters. The summed E-state index contributed by atoms with van der Waals surface area (Å²) in [7, 11) is 1.85. The molecule has 4 heterocycles. The Morgan fingerprint density at radius 1 is 1.14 bits per heavy atom. The molecule has 0 unspecified atom stereocenters. The second kappa shape index (κ2) is 6.57. The quantitative estimate of drug-likeness (QED) is 0.467. The Bertz CT molecular complexity index is 1180. The summed E-state index contributed by atoms with van der Waals surface area (Å²) >= 11 is 0. The van der Waals surface area contributed by atoms with Crippen molar-refractivity contribution in [1.29, 1.82) is 0 Å². The smallest absolute Gasteiger partial charge is 0.243 e. The molecule has 3 N–H and O–H groups in total. The molecular weight excluding hydrogens is 358 g/mol. The monoisotopic (exact) mass is 377 g/mol. The molecule has 0 radical (unpaired) electrons. The van der Waals surface area contributed by atoms with E-state index in [2.05, 4.69) is 26.1 Å². The summed E-state index contributed by atoms with van der Waals surface area (Å²) < 4.78 is 3.35. The average Bonchev–Trinajstić information content (AvgIpc) is 3.28. The van der Waals surface area contributed by atoms with Gasteiger partial charge in [-0.05, 0) is 18.2 Å². The maximum absolute atomic E-state index is 12.3. The first-order valence-electron chi connectivity index (χ1n) is 9.09. The molecule has 1 aliphatic rings. The second-order valence-corrected chi connectivity index (χ2v) is 6.69. The number of hydrogen-bond donors (Lipinski definition) is 3. The van der Waals surface area contributed by atoms with E-state index in [1.807, 2.05) is 43.6 Å². The van der Waals surface area contributed by atoms with E-state index >= 15 is 0 Å². The first-order chi connectivity index (χ1) is 13.7. The number of anilines is 1. The fraction of sp³-hybridized carbons (Fsp3) is 0.278. The van der Waals surface area contributed by atoms with Gasteiger partial charge in [-0.1, -0.05) is 12.1 Å². The predicted octanol–water partition coefficient (Wildman–Crippen LogP) is 0.178. The first kappa shape index (κ1) is 16.6. The molecule has 3 aromatic heterocycles. The number of carbonyl (C=O) groups excluding carboxylic acids is 1. The van der Waals surface area contributed by atoms with Gasteiger partial charge in [0.25, 0.3) is 0 Å². The van der Waals surface area contributed by atoms with Crippen LogP contribution in [-0.2, 0) is 11.8 Å². The van der Waals surface area contributed by atoms with Gasteiger partial charge in [0.05, 0.1) is 5.52 Å². The molecule has 28 heavy (non-hydrogen) atoms. The fourth-order valence-corrected chi connectivity index (χ4v) is 3.30. The van der Waals surface area contributed by atoms with Gasteiger partial charge in [-0.25, -0.2) is 9.97 Å². The number of amides is 1. The molecule has 1 saturated heterocycles. The minimum Gasteiger partial charge on any atom is -0.353 e. The SMILES string of the molecule is Cn1ccc(-c2nc3c4ccccc4nc(N[C@H]4CNCCNC4=O)n3n2)n1. The maximum Gasteiger partial charge on any atom is 0.243 e. The molecule has 10 nitrogen and oxygen atoms in total. The van der Waals surface area contributed by atoms with Crippen molar-refractivity contribution in [2.75, 3.05) is 25.0 Å². The number of nitrogens with one attached hydrogen (secondary N) is 3. The van der Waals surface area contributed by atoms with E-state index in [0.29, 0.717) is 36.2 Å². The van der Waals surface area contributed by atoms with Gasteiger partial charge < -0.3 is 16.0 Å². The van der Waals surface area contributed by atoms with Gasteiger partial charge in [-0.2, -0.15) is 9.61 Å². The lowest BCUT2D eigenvalue weighted by Crippen LogP contribution is -2.42. The van der Waals surface area contributed by atoms with E-state index in [9.17, 15) is 4.79 Å². The number of nitrogens with zero attached hydrogens (tertiary/aromatic N) is 6. The van der Waals surface area contributed by atoms with E-state index in [-0.39, 0.29) is 5.91 Å². The summed E-state index contributed by atoms with van der Waals surface area (Å²) in [4.78, 5) is 21.7. The molecule has 1 aliphatic heterocycles. The zero-order chi connectivity index (χ0) is 19.1. The molecule has 4 aromatic rings. The maximum atomic E-state index is 12.3. The van der Waals surface area contributed by atoms with Crippen molar-refractivity contribution in [2.24, 2.45) is 7.05 Å². The highest BCUT2D eigenvalue weighted by molar-refractivity contribution is 5.93. The molecule has 0 spiro atoms. The summed E-state index contributed by atoms with van der Waals surface area (Å²) in [5.41, 5.74) is 2.12. The van der Waals surface area contributed by atoms with Crippen LogP contribution in [0, 0.1) is 0 Å². The third kappa shape index (κ3) is 2.83. The van der Waals surface area contributed by atoms with Crippen molar-refractivity contribution in [3.63, 3.8) is 0 Å². The molecular formula is C18H19N9O. The van der Waals surface area contributed by atoms with Gasteiger partial charge in [-0.15, -0.1) is 5.10 Å². The Balaban J connectivity index is 1.66. The second-order valence-electron chi connectivity index (χ2n) is 6.69. The molecule has 0 bridgehead atoms. The van der Waals surface area contributed by atoms with E-state index < -0.39 is 6.04 Å². The zero-order valence-electron chi connectivity index (χ0n) is 15.3. The van der Waals surface area contributed by atoms with Gasteiger partial charge in [0.2, 0.25) is 17.7 Å². The molecule has 5 rings (SSSR count). The first-order valence-corrected chi connectivity index (χ1v) is 9.09. The van der Waals surface area contributed by atoms with Crippen molar-refractivity contribution in [2.45, 2.75) is 6.04 Å². The predicted molar refractivity (Wildman–Crippen MR) is 104 cm³/mol. The van der Waals surface area contributed by atoms with E-state index in [4.69, 9.17) is 9.97 Å². The minimum absolute atomic E-state index is 0.0711. The van der Waals surface area contributed by atoms with Gasteiger partial charge >= 0.3 is 0 Å². The highest BCUT2D eigenvalue weighted by atomic mass is 16.2. The van der Waals surface area contributed by atoms with Crippen LogP contribution in [0.15, 0.2) is 36.5 Å². The van der Waals surface area contributed by atoms with Crippen molar-refractivity contribution in [3.8, 4) is 11.5 Å². The van der Waals surface area contributed by atoms with E-state index in [1.54, 1.807) is 9.20 Å². The molecule has 10 heteroatoms. The number of aromatic nitrogens is 6. The number of carbonyl (C=O) groups is 1.